The lowest BCUT2D eigenvalue weighted by Crippen LogP contribution is -2.57. The number of anilines is 1. The number of amides is 3. The highest BCUT2D eigenvalue weighted by Crippen LogP contribution is 2.38. The van der Waals surface area contributed by atoms with Gasteiger partial charge in [0.2, 0.25) is 0 Å². The first kappa shape index (κ1) is 21.3. The summed E-state index contributed by atoms with van der Waals surface area (Å²) in [5.74, 6) is 1.91. The maximum Gasteiger partial charge on any atom is 0.327 e. The van der Waals surface area contributed by atoms with E-state index in [0.717, 1.165) is 11.6 Å². The number of imide groups is 1. The molecular weight excluding hydrogens is 366 g/mol. The van der Waals surface area contributed by atoms with E-state index >= 15 is 0 Å². The summed E-state index contributed by atoms with van der Waals surface area (Å²) < 4.78 is 0. The molecule has 2 aliphatic heterocycles. The van der Waals surface area contributed by atoms with Crippen molar-refractivity contribution >= 4 is 17.8 Å². The summed E-state index contributed by atoms with van der Waals surface area (Å²) in [6.45, 7) is 12.6. The van der Waals surface area contributed by atoms with E-state index in [1.165, 1.54) is 10.5 Å². The largest absolute Gasteiger partial charge is 0.356 e. The fourth-order valence-electron chi connectivity index (χ4n) is 4.29. The minimum Gasteiger partial charge on any atom is -0.356 e. The Morgan fingerprint density at radius 3 is 2.52 bits per heavy atom. The Morgan fingerprint density at radius 1 is 1.24 bits per heavy atom. The number of urea groups is 1. The summed E-state index contributed by atoms with van der Waals surface area (Å²) in [5.41, 5.74) is 0.483. The van der Waals surface area contributed by atoms with Crippen LogP contribution in [-0.2, 0) is 4.79 Å². The van der Waals surface area contributed by atoms with Gasteiger partial charge in [0.05, 0.1) is 0 Å². The maximum absolute atomic E-state index is 13.5. The quantitative estimate of drug-likeness (QED) is 0.542. The number of aryl methyl sites for hydroxylation is 1. The Kier molecular flexibility index (Phi) is 6.24. The second kappa shape index (κ2) is 8.51. The van der Waals surface area contributed by atoms with E-state index in [2.05, 4.69) is 34.8 Å². The SMILES string of the molecule is CC(C)=CCCN1C(=O)N(CC(C)C)C2(CCN(c3ccnc(C)n3)CC2)C1=O. The summed E-state index contributed by atoms with van der Waals surface area (Å²) in [6, 6.07) is 1.78. The highest BCUT2D eigenvalue weighted by Gasteiger charge is 2.57. The van der Waals surface area contributed by atoms with Gasteiger partial charge in [-0.2, -0.15) is 0 Å². The zero-order valence-corrected chi connectivity index (χ0v) is 18.3. The molecule has 7 heteroatoms. The molecule has 0 unspecified atom stereocenters. The van der Waals surface area contributed by atoms with Crippen molar-refractivity contribution in [3.63, 3.8) is 0 Å². The van der Waals surface area contributed by atoms with Gasteiger partial charge in [-0.15, -0.1) is 0 Å². The van der Waals surface area contributed by atoms with Gasteiger partial charge in [-0.1, -0.05) is 25.5 Å². The van der Waals surface area contributed by atoms with Crippen LogP contribution in [0.3, 0.4) is 0 Å². The van der Waals surface area contributed by atoms with Crippen molar-refractivity contribution in [3.05, 3.63) is 29.7 Å². The van der Waals surface area contributed by atoms with Gasteiger partial charge in [0.1, 0.15) is 17.2 Å². The Balaban J connectivity index is 1.80. The number of hydrogen-bond donors (Lipinski definition) is 0. The average molecular weight is 400 g/mol. The van der Waals surface area contributed by atoms with Crippen LogP contribution < -0.4 is 4.90 Å². The number of aromatic nitrogens is 2. The molecule has 0 aliphatic carbocycles. The van der Waals surface area contributed by atoms with E-state index in [-0.39, 0.29) is 11.9 Å². The van der Waals surface area contributed by atoms with Crippen molar-refractivity contribution in [2.24, 2.45) is 5.92 Å². The summed E-state index contributed by atoms with van der Waals surface area (Å²) >= 11 is 0. The van der Waals surface area contributed by atoms with Crippen LogP contribution in [0.1, 0.15) is 52.8 Å². The molecule has 2 aliphatic rings. The fraction of sp³-hybridized carbons (Fsp3) is 0.636. The van der Waals surface area contributed by atoms with Gasteiger partial charge in [-0.25, -0.2) is 14.8 Å². The van der Waals surface area contributed by atoms with Crippen LogP contribution in [0.25, 0.3) is 0 Å². The summed E-state index contributed by atoms with van der Waals surface area (Å²) in [7, 11) is 0. The van der Waals surface area contributed by atoms with Gasteiger partial charge in [-0.3, -0.25) is 9.69 Å². The first-order valence-corrected chi connectivity index (χ1v) is 10.6. The Labute approximate surface area is 173 Å². The normalized spacial score (nSPS) is 18.9. The Bertz CT molecular complexity index is 792. The molecular formula is C22H33N5O2. The van der Waals surface area contributed by atoms with Crippen LogP contribution in [0.5, 0.6) is 0 Å². The lowest BCUT2D eigenvalue weighted by atomic mass is 9.85. The van der Waals surface area contributed by atoms with E-state index < -0.39 is 5.54 Å². The van der Waals surface area contributed by atoms with E-state index in [9.17, 15) is 9.59 Å². The molecule has 2 fully saturated rings. The molecule has 0 aromatic carbocycles. The molecule has 0 atom stereocenters. The molecule has 1 spiro atoms. The maximum atomic E-state index is 13.5. The Hall–Kier alpha value is -2.44. The van der Waals surface area contributed by atoms with Gasteiger partial charge in [0, 0.05) is 32.4 Å². The Morgan fingerprint density at radius 2 is 1.93 bits per heavy atom. The van der Waals surface area contributed by atoms with Crippen LogP contribution >= 0.6 is 0 Å². The van der Waals surface area contributed by atoms with Crippen LogP contribution in [0.2, 0.25) is 0 Å². The van der Waals surface area contributed by atoms with Crippen LogP contribution in [-0.4, -0.2) is 63.4 Å². The lowest BCUT2D eigenvalue weighted by Gasteiger charge is -2.43. The second-order valence-electron chi connectivity index (χ2n) is 8.79. The zero-order valence-electron chi connectivity index (χ0n) is 18.3. The predicted molar refractivity (Wildman–Crippen MR) is 114 cm³/mol. The molecule has 1 aromatic heterocycles. The number of carbonyl (C=O) groups is 2. The smallest absolute Gasteiger partial charge is 0.327 e. The number of carbonyl (C=O) groups excluding carboxylic acids is 2. The zero-order chi connectivity index (χ0) is 21.2. The van der Waals surface area contributed by atoms with Crippen molar-refractivity contribution in [2.45, 2.75) is 59.4 Å². The van der Waals surface area contributed by atoms with E-state index in [0.29, 0.717) is 51.4 Å². The minimum atomic E-state index is -0.717. The molecule has 3 rings (SSSR count). The molecule has 29 heavy (non-hydrogen) atoms. The van der Waals surface area contributed by atoms with Crippen molar-refractivity contribution in [3.8, 4) is 0 Å². The predicted octanol–water partition coefficient (Wildman–Crippen LogP) is 3.40. The van der Waals surface area contributed by atoms with Crippen molar-refractivity contribution in [1.82, 2.24) is 19.8 Å². The molecule has 7 nitrogen and oxygen atoms in total. The molecule has 3 heterocycles. The average Bonchev–Trinajstić information content (AvgIpc) is 2.84. The molecule has 2 saturated heterocycles. The molecule has 0 saturated carbocycles. The van der Waals surface area contributed by atoms with E-state index in [1.54, 1.807) is 6.20 Å². The summed E-state index contributed by atoms with van der Waals surface area (Å²) in [4.78, 5) is 40.8. The molecule has 0 N–H and O–H groups in total. The van der Waals surface area contributed by atoms with Gasteiger partial charge < -0.3 is 9.80 Å². The number of nitrogens with zero attached hydrogens (tertiary/aromatic N) is 5. The van der Waals surface area contributed by atoms with Crippen molar-refractivity contribution in [2.75, 3.05) is 31.1 Å². The third kappa shape index (κ3) is 4.28. The highest BCUT2D eigenvalue weighted by molar-refractivity contribution is 6.07. The van der Waals surface area contributed by atoms with Gasteiger partial charge in [0.15, 0.2) is 0 Å². The van der Waals surface area contributed by atoms with Crippen LogP contribution in [0.15, 0.2) is 23.9 Å². The number of piperidine rings is 1. The van der Waals surface area contributed by atoms with Crippen molar-refractivity contribution in [1.29, 1.82) is 0 Å². The van der Waals surface area contributed by atoms with Gasteiger partial charge >= 0.3 is 6.03 Å². The van der Waals surface area contributed by atoms with Crippen LogP contribution in [0.4, 0.5) is 10.6 Å². The molecule has 0 bridgehead atoms. The third-order valence-corrected chi connectivity index (χ3v) is 5.75. The second-order valence-corrected chi connectivity index (χ2v) is 8.79. The summed E-state index contributed by atoms with van der Waals surface area (Å²) in [6.07, 6.45) is 5.82. The lowest BCUT2D eigenvalue weighted by molar-refractivity contribution is -0.134. The van der Waals surface area contributed by atoms with E-state index in [4.69, 9.17) is 0 Å². The minimum absolute atomic E-state index is 0.0242. The van der Waals surface area contributed by atoms with E-state index in [1.807, 2.05) is 31.7 Å². The van der Waals surface area contributed by atoms with Crippen LogP contribution in [0, 0.1) is 12.8 Å². The topological polar surface area (TPSA) is 69.6 Å². The molecule has 158 valence electrons. The monoisotopic (exact) mass is 399 g/mol. The molecule has 1 aromatic rings. The van der Waals surface area contributed by atoms with Gasteiger partial charge in [-0.05, 0) is 52.0 Å². The molecule has 3 amide bonds. The number of allylic oxidation sites excluding steroid dienone is 1. The highest BCUT2D eigenvalue weighted by atomic mass is 16.2. The first-order chi connectivity index (χ1) is 13.7. The first-order valence-electron chi connectivity index (χ1n) is 10.6. The number of rotatable bonds is 6. The standard InChI is InChI=1S/C22H33N5O2/c1-16(2)7-6-12-26-20(28)22(27(21(26)29)15-17(3)4)9-13-25(14-10-22)19-8-11-23-18(5)24-19/h7-8,11,17H,6,9-10,12-15H2,1-5H3. The summed E-state index contributed by atoms with van der Waals surface area (Å²) in [5, 5.41) is 0. The molecule has 0 radical (unpaired) electrons. The van der Waals surface area contributed by atoms with Gasteiger partial charge in [0.25, 0.3) is 5.91 Å². The fourth-order valence-corrected chi connectivity index (χ4v) is 4.29. The number of hydrogen-bond acceptors (Lipinski definition) is 5. The third-order valence-electron chi connectivity index (χ3n) is 5.75. The van der Waals surface area contributed by atoms with Crippen molar-refractivity contribution < 1.29 is 9.59 Å².